The van der Waals surface area contributed by atoms with E-state index in [0.717, 1.165) is 0 Å². The Morgan fingerprint density at radius 1 is 0.304 bits per heavy atom. The summed E-state index contributed by atoms with van der Waals surface area (Å²) in [7, 11) is 4.50. The van der Waals surface area contributed by atoms with Crippen molar-refractivity contribution in [1.29, 1.82) is 0 Å². The maximum atomic E-state index is 4.50. The van der Waals surface area contributed by atoms with Gasteiger partial charge >= 0.3 is 0 Å². The molecule has 0 saturated carbocycles. The fourth-order valence-electron chi connectivity index (χ4n) is 2.44. The molecule has 6 N–H and O–H groups in total. The van der Waals surface area contributed by atoms with Crippen LogP contribution in [-0.4, -0.2) is 21.1 Å². The fourth-order valence-corrected chi connectivity index (χ4v) is 2.44. The second-order valence-corrected chi connectivity index (χ2v) is 5.60. The first-order valence-electron chi connectivity index (χ1n) is 10.1. The quantitative estimate of drug-likeness (QED) is 0.362. The van der Waals surface area contributed by atoms with Crippen molar-refractivity contribution >= 4 is 0 Å². The molecule has 0 spiro atoms. The van der Waals surface area contributed by atoms with Crippen LogP contribution in [0.15, 0.2) is 0 Å². The number of unbranched alkanes of at least 4 members (excludes halogenated alkanes) is 14. The predicted molar refractivity (Wildman–Crippen MR) is 111 cm³/mol. The number of hydrogen-bond acceptors (Lipinski definition) is 3. The Kier molecular flexibility index (Phi) is 57.6. The summed E-state index contributed by atoms with van der Waals surface area (Å²) in [5.74, 6) is 0. The van der Waals surface area contributed by atoms with Crippen LogP contribution in [-0.2, 0) is 0 Å². The molecule has 0 amide bonds. The second kappa shape index (κ2) is 43.1. The summed E-state index contributed by atoms with van der Waals surface area (Å²) in [5.41, 5.74) is 13.5. The van der Waals surface area contributed by atoms with Gasteiger partial charge in [-0.3, -0.25) is 0 Å². The Labute approximate surface area is 149 Å². The van der Waals surface area contributed by atoms with Gasteiger partial charge in [-0.05, 0) is 21.1 Å². The lowest BCUT2D eigenvalue weighted by atomic mass is 10.0. The molecular weight excluding hydrogens is 282 g/mol. The molecule has 0 radical (unpaired) electrons. The van der Waals surface area contributed by atoms with Crippen LogP contribution in [0, 0.1) is 0 Å². The molecule has 0 heterocycles. The van der Waals surface area contributed by atoms with E-state index < -0.39 is 0 Å². The van der Waals surface area contributed by atoms with Gasteiger partial charge in [-0.25, -0.2) is 0 Å². The lowest BCUT2D eigenvalue weighted by Crippen LogP contribution is -1.82. The maximum absolute atomic E-state index is 4.50. The van der Waals surface area contributed by atoms with E-state index >= 15 is 0 Å². The summed E-state index contributed by atoms with van der Waals surface area (Å²) in [6.07, 6.45) is 21.9. The third kappa shape index (κ3) is 44.9. The van der Waals surface area contributed by atoms with E-state index in [1.807, 2.05) is 0 Å². The van der Waals surface area contributed by atoms with Crippen molar-refractivity contribution in [2.24, 2.45) is 17.2 Å². The molecule has 0 atom stereocenters. The van der Waals surface area contributed by atoms with Gasteiger partial charge in [-0.1, -0.05) is 110 Å². The van der Waals surface area contributed by atoms with Gasteiger partial charge in [0.15, 0.2) is 0 Å². The molecule has 0 bridgehead atoms. The standard InChI is InChI=1S/C17H36.3CH5N/c1-3-5-7-9-11-13-15-17-16-14-12-10-8-6-4-2;3*1-2/h3-17H2,1-2H3;3*2H2,1H3. The van der Waals surface area contributed by atoms with Crippen LogP contribution >= 0.6 is 0 Å². The Hall–Kier alpha value is -0.120. The molecule has 3 heteroatoms. The van der Waals surface area contributed by atoms with E-state index in [-0.39, 0.29) is 0 Å². The van der Waals surface area contributed by atoms with Gasteiger partial charge < -0.3 is 17.2 Å². The van der Waals surface area contributed by atoms with E-state index in [9.17, 15) is 0 Å². The Morgan fingerprint density at radius 3 is 0.565 bits per heavy atom. The smallest absolute Gasteiger partial charge is 0.0195 e. The summed E-state index contributed by atoms with van der Waals surface area (Å²) in [6, 6.07) is 0. The van der Waals surface area contributed by atoms with Gasteiger partial charge in [0.1, 0.15) is 0 Å². The highest BCUT2D eigenvalue weighted by Gasteiger charge is 1.93. The molecule has 0 unspecified atom stereocenters. The number of rotatable bonds is 14. The first-order valence-corrected chi connectivity index (χ1v) is 10.1. The molecule has 0 aliphatic heterocycles. The van der Waals surface area contributed by atoms with Crippen LogP contribution in [0.3, 0.4) is 0 Å². The van der Waals surface area contributed by atoms with Crippen LogP contribution in [0.5, 0.6) is 0 Å². The third-order valence-corrected chi connectivity index (χ3v) is 3.71. The zero-order valence-corrected chi connectivity index (χ0v) is 17.3. The van der Waals surface area contributed by atoms with Crippen LogP contribution in [0.1, 0.15) is 110 Å². The Balaban J connectivity index is -0.000000267. The summed E-state index contributed by atoms with van der Waals surface area (Å²) in [6.45, 7) is 4.58. The van der Waals surface area contributed by atoms with Crippen LogP contribution in [0.4, 0.5) is 0 Å². The molecule has 0 aliphatic rings. The molecule has 3 nitrogen and oxygen atoms in total. The normalized spacial score (nSPS) is 8.87. The molecular formula is C20H51N3. The summed E-state index contributed by atoms with van der Waals surface area (Å²) < 4.78 is 0. The van der Waals surface area contributed by atoms with Crippen molar-refractivity contribution in [3.63, 3.8) is 0 Å². The summed E-state index contributed by atoms with van der Waals surface area (Å²) >= 11 is 0. The SMILES string of the molecule is CCCCCCCCCCCCCCCCC.CN.CN.CN. The number of hydrogen-bond donors (Lipinski definition) is 3. The fraction of sp³-hybridized carbons (Fsp3) is 1.00. The highest BCUT2D eigenvalue weighted by Crippen LogP contribution is 2.13. The minimum atomic E-state index is 1.37. The number of nitrogens with two attached hydrogens (primary N) is 3. The van der Waals surface area contributed by atoms with E-state index in [0.29, 0.717) is 0 Å². The highest BCUT2D eigenvalue weighted by molar-refractivity contribution is 4.48. The van der Waals surface area contributed by atoms with Gasteiger partial charge in [-0.2, -0.15) is 0 Å². The van der Waals surface area contributed by atoms with Crippen molar-refractivity contribution in [2.45, 2.75) is 110 Å². The molecule has 0 aromatic carbocycles. The highest BCUT2D eigenvalue weighted by atomic mass is 14.4. The molecule has 0 aliphatic carbocycles. The first-order chi connectivity index (χ1) is 11.4. The summed E-state index contributed by atoms with van der Waals surface area (Å²) in [5, 5.41) is 0. The van der Waals surface area contributed by atoms with Crippen molar-refractivity contribution < 1.29 is 0 Å². The minimum Gasteiger partial charge on any atom is -0.333 e. The first kappa shape index (κ1) is 30.7. The van der Waals surface area contributed by atoms with Gasteiger partial charge in [0.2, 0.25) is 0 Å². The second-order valence-electron chi connectivity index (χ2n) is 5.60. The molecule has 0 fully saturated rings. The van der Waals surface area contributed by atoms with Crippen molar-refractivity contribution in [3.05, 3.63) is 0 Å². The molecule has 0 aromatic rings. The third-order valence-electron chi connectivity index (χ3n) is 3.71. The predicted octanol–water partition coefficient (Wildman–Crippen LogP) is 5.60. The maximum Gasteiger partial charge on any atom is -0.0195 e. The van der Waals surface area contributed by atoms with Gasteiger partial charge in [0.25, 0.3) is 0 Å². The Morgan fingerprint density at radius 2 is 0.435 bits per heavy atom. The van der Waals surface area contributed by atoms with E-state index in [2.05, 4.69) is 31.0 Å². The summed E-state index contributed by atoms with van der Waals surface area (Å²) in [4.78, 5) is 0. The zero-order valence-electron chi connectivity index (χ0n) is 17.3. The van der Waals surface area contributed by atoms with E-state index in [1.165, 1.54) is 117 Å². The minimum absolute atomic E-state index is 1.37. The topological polar surface area (TPSA) is 78.1 Å². The lowest BCUT2D eigenvalue weighted by Gasteiger charge is -2.02. The molecule has 23 heavy (non-hydrogen) atoms. The average Bonchev–Trinajstić information content (AvgIpc) is 2.64. The molecule has 146 valence electrons. The van der Waals surface area contributed by atoms with Crippen LogP contribution in [0.2, 0.25) is 0 Å². The zero-order chi connectivity index (χ0) is 18.6. The van der Waals surface area contributed by atoms with Crippen LogP contribution < -0.4 is 17.2 Å². The van der Waals surface area contributed by atoms with Crippen molar-refractivity contribution in [2.75, 3.05) is 21.1 Å². The van der Waals surface area contributed by atoms with Crippen molar-refractivity contribution in [1.82, 2.24) is 0 Å². The van der Waals surface area contributed by atoms with Gasteiger partial charge in [0.05, 0.1) is 0 Å². The molecule has 0 rings (SSSR count). The van der Waals surface area contributed by atoms with E-state index in [4.69, 9.17) is 0 Å². The van der Waals surface area contributed by atoms with Gasteiger partial charge in [-0.15, -0.1) is 0 Å². The average molecular weight is 334 g/mol. The van der Waals surface area contributed by atoms with Gasteiger partial charge in [0, 0.05) is 0 Å². The van der Waals surface area contributed by atoms with Crippen molar-refractivity contribution in [3.8, 4) is 0 Å². The molecule has 0 saturated heterocycles. The largest absolute Gasteiger partial charge is 0.333 e. The van der Waals surface area contributed by atoms with E-state index in [1.54, 1.807) is 0 Å². The molecule has 0 aromatic heterocycles. The lowest BCUT2D eigenvalue weighted by molar-refractivity contribution is 0.534. The monoisotopic (exact) mass is 333 g/mol. The van der Waals surface area contributed by atoms with Crippen LogP contribution in [0.25, 0.3) is 0 Å². The Bertz CT molecular complexity index is 116.